The molecule has 1 aromatic heterocycles. The number of hydrogen-bond acceptors (Lipinski definition) is 7. The molecule has 0 aliphatic heterocycles. The molecule has 0 saturated carbocycles. The predicted molar refractivity (Wildman–Crippen MR) is 81.8 cm³/mol. The van der Waals surface area contributed by atoms with Gasteiger partial charge in [-0.2, -0.15) is 0 Å². The first-order chi connectivity index (χ1) is 11.0. The van der Waals surface area contributed by atoms with Crippen molar-refractivity contribution in [2.45, 2.75) is 0 Å². The fourth-order valence-corrected chi connectivity index (χ4v) is 1.92. The molecular weight excluding hydrogens is 304 g/mol. The molecule has 0 aliphatic carbocycles. The molecule has 1 aromatic carbocycles. The van der Waals surface area contributed by atoms with Gasteiger partial charge in [-0.3, -0.25) is 9.59 Å². The molecule has 0 saturated heterocycles. The number of benzene rings is 1. The van der Waals surface area contributed by atoms with Crippen LogP contribution in [0.2, 0.25) is 0 Å². The van der Waals surface area contributed by atoms with Crippen molar-refractivity contribution in [2.24, 2.45) is 0 Å². The van der Waals surface area contributed by atoms with E-state index < -0.39 is 18.4 Å². The zero-order valence-electron chi connectivity index (χ0n) is 12.6. The maximum Gasteiger partial charge on any atom is 0.322 e. The van der Waals surface area contributed by atoms with E-state index in [9.17, 15) is 9.59 Å². The number of carboxylic acids is 1. The molecule has 0 spiro atoms. The Morgan fingerprint density at radius 3 is 2.48 bits per heavy atom. The monoisotopic (exact) mass is 320 g/mol. The maximum absolute atomic E-state index is 11.6. The summed E-state index contributed by atoms with van der Waals surface area (Å²) in [5.41, 5.74) is 0.617. The van der Waals surface area contributed by atoms with Gasteiger partial charge in [0.2, 0.25) is 5.91 Å². The maximum atomic E-state index is 11.6. The number of carboxylic acid groups (broad SMARTS) is 1. The van der Waals surface area contributed by atoms with Crippen LogP contribution in [0.1, 0.15) is 0 Å². The van der Waals surface area contributed by atoms with Crippen LogP contribution in [0.5, 0.6) is 11.5 Å². The van der Waals surface area contributed by atoms with Gasteiger partial charge in [0.1, 0.15) is 18.7 Å². The Morgan fingerprint density at radius 2 is 1.83 bits per heavy atom. The minimum atomic E-state index is -1.11. The number of aliphatic carboxylic acids is 1. The van der Waals surface area contributed by atoms with Crippen molar-refractivity contribution < 1.29 is 24.2 Å². The van der Waals surface area contributed by atoms with Crippen LogP contribution in [0.25, 0.3) is 10.9 Å². The second kappa shape index (κ2) is 7.25. The van der Waals surface area contributed by atoms with Gasteiger partial charge in [-0.15, -0.1) is 0 Å². The van der Waals surface area contributed by atoms with E-state index in [0.717, 1.165) is 0 Å². The van der Waals surface area contributed by atoms with E-state index in [4.69, 9.17) is 14.6 Å². The number of carbonyl (C=O) groups is 2. The number of methoxy groups -OCH3 is 2. The standard InChI is InChI=1S/C14H16N4O5/c1-22-10-3-8-9(4-11(10)23-2)17-7-18-14(8)16-5-12(19)15-6-13(20)21/h3-4,7H,5-6H2,1-2H3,(H,15,19)(H,20,21)(H,16,17,18). The number of aromatic nitrogens is 2. The number of rotatable bonds is 7. The Kier molecular flexibility index (Phi) is 5.13. The molecule has 2 rings (SSSR count). The van der Waals surface area contributed by atoms with E-state index in [0.29, 0.717) is 28.2 Å². The highest BCUT2D eigenvalue weighted by molar-refractivity contribution is 5.93. The summed E-state index contributed by atoms with van der Waals surface area (Å²) in [6.07, 6.45) is 1.35. The number of hydrogen-bond donors (Lipinski definition) is 3. The lowest BCUT2D eigenvalue weighted by molar-refractivity contribution is -0.137. The lowest BCUT2D eigenvalue weighted by Gasteiger charge is -2.11. The van der Waals surface area contributed by atoms with Crippen LogP contribution in [0.3, 0.4) is 0 Å². The molecule has 122 valence electrons. The van der Waals surface area contributed by atoms with Gasteiger partial charge < -0.3 is 25.2 Å². The van der Waals surface area contributed by atoms with E-state index in [2.05, 4.69) is 20.6 Å². The summed E-state index contributed by atoms with van der Waals surface area (Å²) in [7, 11) is 3.04. The molecule has 1 amide bonds. The molecule has 2 aromatic rings. The lowest BCUT2D eigenvalue weighted by Crippen LogP contribution is -2.34. The second-order valence-corrected chi connectivity index (χ2v) is 4.47. The van der Waals surface area contributed by atoms with Crippen molar-refractivity contribution in [3.8, 4) is 11.5 Å². The van der Waals surface area contributed by atoms with E-state index in [1.165, 1.54) is 20.5 Å². The molecule has 23 heavy (non-hydrogen) atoms. The van der Waals surface area contributed by atoms with E-state index >= 15 is 0 Å². The average molecular weight is 320 g/mol. The van der Waals surface area contributed by atoms with Crippen LogP contribution in [-0.2, 0) is 9.59 Å². The molecule has 9 nitrogen and oxygen atoms in total. The number of ether oxygens (including phenoxy) is 2. The van der Waals surface area contributed by atoms with Crippen LogP contribution in [0.4, 0.5) is 5.82 Å². The van der Waals surface area contributed by atoms with Crippen molar-refractivity contribution in [1.82, 2.24) is 15.3 Å². The quantitative estimate of drug-likeness (QED) is 0.664. The largest absolute Gasteiger partial charge is 0.493 e. The molecule has 9 heteroatoms. The highest BCUT2D eigenvalue weighted by Crippen LogP contribution is 2.33. The zero-order chi connectivity index (χ0) is 16.8. The van der Waals surface area contributed by atoms with E-state index in [-0.39, 0.29) is 6.54 Å². The van der Waals surface area contributed by atoms with Gasteiger partial charge >= 0.3 is 5.97 Å². The van der Waals surface area contributed by atoms with Gasteiger partial charge in [0.05, 0.1) is 26.3 Å². The third-order valence-electron chi connectivity index (χ3n) is 2.99. The fraction of sp³-hybridized carbons (Fsp3) is 0.286. The first-order valence-electron chi connectivity index (χ1n) is 6.64. The zero-order valence-corrected chi connectivity index (χ0v) is 12.6. The van der Waals surface area contributed by atoms with Gasteiger partial charge in [-0.1, -0.05) is 0 Å². The van der Waals surface area contributed by atoms with Crippen LogP contribution >= 0.6 is 0 Å². The molecule has 3 N–H and O–H groups in total. The summed E-state index contributed by atoms with van der Waals surface area (Å²) in [5.74, 6) is -0.0965. The molecule has 0 aliphatic rings. The Morgan fingerprint density at radius 1 is 1.13 bits per heavy atom. The predicted octanol–water partition coefficient (Wildman–Crippen LogP) is 0.260. The van der Waals surface area contributed by atoms with Crippen LogP contribution in [-0.4, -0.2) is 54.3 Å². The molecular formula is C14H16N4O5. The number of fused-ring (bicyclic) bond motifs is 1. The normalized spacial score (nSPS) is 10.2. The molecule has 0 bridgehead atoms. The van der Waals surface area contributed by atoms with Gasteiger partial charge in [-0.25, -0.2) is 9.97 Å². The summed E-state index contributed by atoms with van der Waals surface area (Å²) in [5, 5.41) is 14.3. The van der Waals surface area contributed by atoms with Crippen LogP contribution in [0.15, 0.2) is 18.5 Å². The van der Waals surface area contributed by atoms with Crippen LogP contribution < -0.4 is 20.1 Å². The Labute approximate surface area is 131 Å². The molecule has 0 atom stereocenters. The summed E-state index contributed by atoms with van der Waals surface area (Å²) < 4.78 is 10.4. The number of nitrogens with one attached hydrogen (secondary N) is 2. The van der Waals surface area contributed by atoms with Crippen molar-refractivity contribution in [1.29, 1.82) is 0 Å². The summed E-state index contributed by atoms with van der Waals surface area (Å²) >= 11 is 0. The number of amides is 1. The second-order valence-electron chi connectivity index (χ2n) is 4.47. The van der Waals surface area contributed by atoms with Gasteiger partial charge in [0.25, 0.3) is 0 Å². The Bertz CT molecular complexity index is 734. The number of nitrogens with zero attached hydrogens (tertiary/aromatic N) is 2. The fourth-order valence-electron chi connectivity index (χ4n) is 1.92. The third kappa shape index (κ3) is 3.96. The average Bonchev–Trinajstić information content (AvgIpc) is 2.56. The Balaban J connectivity index is 2.20. The van der Waals surface area contributed by atoms with Gasteiger partial charge in [-0.05, 0) is 6.07 Å². The molecule has 0 radical (unpaired) electrons. The summed E-state index contributed by atoms with van der Waals surface area (Å²) in [4.78, 5) is 30.2. The van der Waals surface area contributed by atoms with E-state index in [1.807, 2.05) is 0 Å². The highest BCUT2D eigenvalue weighted by atomic mass is 16.5. The van der Waals surface area contributed by atoms with Crippen molar-refractivity contribution in [3.63, 3.8) is 0 Å². The van der Waals surface area contributed by atoms with Crippen molar-refractivity contribution >= 4 is 28.6 Å². The minimum Gasteiger partial charge on any atom is -0.493 e. The molecule has 0 unspecified atom stereocenters. The van der Waals surface area contributed by atoms with E-state index in [1.54, 1.807) is 12.1 Å². The smallest absolute Gasteiger partial charge is 0.322 e. The highest BCUT2D eigenvalue weighted by Gasteiger charge is 2.11. The lowest BCUT2D eigenvalue weighted by atomic mass is 10.2. The van der Waals surface area contributed by atoms with Crippen LogP contribution in [0, 0.1) is 0 Å². The van der Waals surface area contributed by atoms with Gasteiger partial charge in [0.15, 0.2) is 11.5 Å². The number of carbonyl (C=O) groups excluding carboxylic acids is 1. The first-order valence-corrected chi connectivity index (χ1v) is 6.64. The summed E-state index contributed by atoms with van der Waals surface area (Å²) in [6.45, 7) is -0.552. The number of anilines is 1. The topological polar surface area (TPSA) is 123 Å². The van der Waals surface area contributed by atoms with Crippen molar-refractivity contribution in [3.05, 3.63) is 18.5 Å². The van der Waals surface area contributed by atoms with Crippen molar-refractivity contribution in [2.75, 3.05) is 32.6 Å². The Hall–Kier alpha value is -3.10. The molecule has 1 heterocycles. The molecule has 0 fully saturated rings. The third-order valence-corrected chi connectivity index (χ3v) is 2.99. The summed E-state index contributed by atoms with van der Waals surface area (Å²) in [6, 6.07) is 3.40. The minimum absolute atomic E-state index is 0.117. The SMILES string of the molecule is COc1cc2ncnc(NCC(=O)NCC(=O)O)c2cc1OC. The van der Waals surface area contributed by atoms with Gasteiger partial charge in [0, 0.05) is 11.5 Å². The first kappa shape index (κ1) is 16.3.